The molecule has 1 atom stereocenters. The number of carbonyl (C=O) groups excluding carboxylic acids is 2. The molecule has 3 rings (SSSR count). The number of carbonyl (C=O) groups is 2. The molecular formula is C22H24BrF2N5O4S. The summed E-state index contributed by atoms with van der Waals surface area (Å²) in [6.07, 6.45) is -0.974. The Balaban J connectivity index is 1.59. The van der Waals surface area contributed by atoms with Gasteiger partial charge in [-0.15, -0.1) is 0 Å². The number of halogens is 3. The highest BCUT2D eigenvalue weighted by molar-refractivity contribution is 9.10. The van der Waals surface area contributed by atoms with Crippen LogP contribution < -0.4 is 16.4 Å². The highest BCUT2D eigenvalue weighted by Crippen LogP contribution is 2.34. The zero-order valence-corrected chi connectivity index (χ0v) is 21.0. The fraction of sp³-hybridized carbons (Fsp3) is 0.318. The maximum Gasteiger partial charge on any atom is 0.262 e. The number of nitrogens with two attached hydrogens (primary N) is 1. The van der Waals surface area contributed by atoms with Crippen molar-refractivity contribution in [3.63, 3.8) is 0 Å². The van der Waals surface area contributed by atoms with Gasteiger partial charge in [-0.25, -0.2) is 17.2 Å². The van der Waals surface area contributed by atoms with Crippen LogP contribution >= 0.6 is 15.9 Å². The normalized spacial score (nSPS) is 16.5. The maximum atomic E-state index is 13.5. The first kappa shape index (κ1) is 26.7. The SMILES string of the molecule is CC(NC(=O)CC(=O)Nc1ccc(C(=N)N)cc1)c1ccc(S(=O)(=O)N2CCC(F)(F)C2)c(Br)c1. The molecule has 0 aromatic heterocycles. The van der Waals surface area contributed by atoms with E-state index in [9.17, 15) is 26.8 Å². The van der Waals surface area contributed by atoms with E-state index in [4.69, 9.17) is 11.1 Å². The van der Waals surface area contributed by atoms with Crippen LogP contribution in [0.15, 0.2) is 51.8 Å². The van der Waals surface area contributed by atoms with Gasteiger partial charge in [-0.3, -0.25) is 15.0 Å². The monoisotopic (exact) mass is 571 g/mol. The van der Waals surface area contributed by atoms with Crippen LogP contribution in [0.3, 0.4) is 0 Å². The molecule has 1 saturated heterocycles. The van der Waals surface area contributed by atoms with E-state index in [0.29, 0.717) is 16.8 Å². The molecule has 0 bridgehead atoms. The minimum atomic E-state index is -4.11. The maximum absolute atomic E-state index is 13.5. The highest BCUT2D eigenvalue weighted by Gasteiger charge is 2.44. The summed E-state index contributed by atoms with van der Waals surface area (Å²) < 4.78 is 53.4. The Morgan fingerprint density at radius 2 is 1.86 bits per heavy atom. The lowest BCUT2D eigenvalue weighted by Crippen LogP contribution is -2.32. The Hall–Kier alpha value is -2.90. The zero-order chi connectivity index (χ0) is 26.0. The number of nitrogens with zero attached hydrogens (tertiary/aromatic N) is 1. The first-order chi connectivity index (χ1) is 16.3. The van der Waals surface area contributed by atoms with E-state index >= 15 is 0 Å². The topological polar surface area (TPSA) is 145 Å². The van der Waals surface area contributed by atoms with Crippen LogP contribution in [0.2, 0.25) is 0 Å². The van der Waals surface area contributed by atoms with Crippen LogP contribution in [0, 0.1) is 5.41 Å². The molecule has 2 aromatic rings. The lowest BCUT2D eigenvalue weighted by Gasteiger charge is -2.19. The van der Waals surface area contributed by atoms with E-state index in [-0.39, 0.29) is 21.7 Å². The Morgan fingerprint density at radius 3 is 2.40 bits per heavy atom. The number of benzene rings is 2. The minimum absolute atomic E-state index is 0.105. The molecule has 1 heterocycles. The van der Waals surface area contributed by atoms with Gasteiger partial charge in [-0.05, 0) is 64.8 Å². The second kappa shape index (κ2) is 10.4. The summed E-state index contributed by atoms with van der Waals surface area (Å²) in [4.78, 5) is 24.3. The molecular weight excluding hydrogens is 548 g/mol. The zero-order valence-electron chi connectivity index (χ0n) is 18.6. The number of amides is 2. The van der Waals surface area contributed by atoms with Crippen LogP contribution in [0.1, 0.15) is 36.9 Å². The van der Waals surface area contributed by atoms with Crippen LogP contribution in [0.25, 0.3) is 0 Å². The smallest absolute Gasteiger partial charge is 0.262 e. The third-order valence-electron chi connectivity index (χ3n) is 5.39. The van der Waals surface area contributed by atoms with Crippen molar-refractivity contribution in [2.45, 2.75) is 36.6 Å². The van der Waals surface area contributed by atoms with Crippen molar-refractivity contribution in [1.82, 2.24) is 9.62 Å². The predicted octanol–water partition coefficient (Wildman–Crippen LogP) is 2.97. The number of nitrogen functional groups attached to an aromatic ring is 1. The quantitative estimate of drug-likeness (QED) is 0.218. The molecule has 5 N–H and O–H groups in total. The second-order valence-electron chi connectivity index (χ2n) is 8.14. The van der Waals surface area contributed by atoms with Gasteiger partial charge in [0.2, 0.25) is 21.8 Å². The molecule has 1 aliphatic heterocycles. The molecule has 13 heteroatoms. The number of nitrogens with one attached hydrogen (secondary N) is 3. The number of sulfonamides is 1. The number of hydrogen-bond acceptors (Lipinski definition) is 5. The molecule has 1 aliphatic rings. The number of amidine groups is 1. The van der Waals surface area contributed by atoms with Gasteiger partial charge in [0.1, 0.15) is 12.3 Å². The summed E-state index contributed by atoms with van der Waals surface area (Å²) in [5.41, 5.74) is 6.88. The number of alkyl halides is 2. The van der Waals surface area contributed by atoms with Crippen LogP contribution in [0.5, 0.6) is 0 Å². The number of hydrogen-bond donors (Lipinski definition) is 4. The molecule has 35 heavy (non-hydrogen) atoms. The Kier molecular flexibility index (Phi) is 7.92. The van der Waals surface area contributed by atoms with Crippen molar-refractivity contribution in [2.75, 3.05) is 18.4 Å². The summed E-state index contributed by atoms with van der Waals surface area (Å²) in [6, 6.07) is 9.96. The highest BCUT2D eigenvalue weighted by atomic mass is 79.9. The fourth-order valence-corrected chi connectivity index (χ4v) is 6.03. The van der Waals surface area contributed by atoms with E-state index in [0.717, 1.165) is 4.31 Å². The molecule has 0 saturated carbocycles. The average molecular weight is 572 g/mol. The van der Waals surface area contributed by atoms with E-state index in [1.165, 1.54) is 18.2 Å². The molecule has 9 nitrogen and oxygen atoms in total. The van der Waals surface area contributed by atoms with Gasteiger partial charge < -0.3 is 16.4 Å². The van der Waals surface area contributed by atoms with Crippen molar-refractivity contribution in [3.05, 3.63) is 58.1 Å². The van der Waals surface area contributed by atoms with Gasteiger partial charge in [0.05, 0.1) is 17.5 Å². The predicted molar refractivity (Wildman–Crippen MR) is 130 cm³/mol. The van der Waals surface area contributed by atoms with E-state index in [1.54, 1.807) is 31.2 Å². The van der Waals surface area contributed by atoms with Crippen molar-refractivity contribution >= 4 is 49.3 Å². The van der Waals surface area contributed by atoms with Gasteiger partial charge in [0.25, 0.3) is 5.92 Å². The number of rotatable bonds is 8. The largest absolute Gasteiger partial charge is 0.384 e. The number of anilines is 1. The van der Waals surface area contributed by atoms with Gasteiger partial charge in [0.15, 0.2) is 0 Å². The minimum Gasteiger partial charge on any atom is -0.384 e. The standard InChI is InChI=1S/C22H24BrF2N5O4S/c1-13(28-19(31)11-20(32)29-16-5-2-14(3-6-16)21(26)27)15-4-7-18(17(23)10-15)35(33,34)30-9-8-22(24,25)12-30/h2-7,10,13H,8-9,11-12H2,1H3,(H3,26,27)(H,28,31)(H,29,32). The first-order valence-electron chi connectivity index (χ1n) is 10.5. The van der Waals surface area contributed by atoms with E-state index in [1.807, 2.05) is 0 Å². The van der Waals surface area contributed by atoms with Gasteiger partial charge in [-0.2, -0.15) is 4.31 Å². The third kappa shape index (κ3) is 6.61. The average Bonchev–Trinajstić information content (AvgIpc) is 3.14. The molecule has 0 radical (unpaired) electrons. The van der Waals surface area contributed by atoms with Crippen LogP contribution in [0.4, 0.5) is 14.5 Å². The van der Waals surface area contributed by atoms with Crippen LogP contribution in [-0.4, -0.2) is 49.4 Å². The Morgan fingerprint density at radius 1 is 1.20 bits per heavy atom. The summed E-state index contributed by atoms with van der Waals surface area (Å²) in [5, 5.41) is 12.6. The van der Waals surface area contributed by atoms with Gasteiger partial charge in [-0.1, -0.05) is 6.07 Å². The Labute approximate surface area is 209 Å². The first-order valence-corrected chi connectivity index (χ1v) is 12.7. The molecule has 2 amide bonds. The molecule has 188 valence electrons. The third-order valence-corrected chi connectivity index (χ3v) is 8.21. The van der Waals surface area contributed by atoms with Gasteiger partial charge >= 0.3 is 0 Å². The summed E-state index contributed by atoms with van der Waals surface area (Å²) in [6.45, 7) is 0.533. The Bertz CT molecular complexity index is 1250. The van der Waals surface area contributed by atoms with Crippen molar-refractivity contribution in [2.24, 2.45) is 5.73 Å². The lowest BCUT2D eigenvalue weighted by atomic mass is 10.1. The van der Waals surface area contributed by atoms with Crippen molar-refractivity contribution in [1.29, 1.82) is 5.41 Å². The van der Waals surface area contributed by atoms with Crippen molar-refractivity contribution < 1.29 is 26.8 Å². The van der Waals surface area contributed by atoms with Crippen molar-refractivity contribution in [3.8, 4) is 0 Å². The van der Waals surface area contributed by atoms with E-state index in [2.05, 4.69) is 26.6 Å². The second-order valence-corrected chi connectivity index (χ2v) is 10.9. The molecule has 0 aliphatic carbocycles. The summed E-state index contributed by atoms with van der Waals surface area (Å²) in [5.74, 6) is -4.26. The van der Waals surface area contributed by atoms with E-state index < -0.39 is 53.2 Å². The summed E-state index contributed by atoms with van der Waals surface area (Å²) >= 11 is 3.19. The summed E-state index contributed by atoms with van der Waals surface area (Å²) in [7, 11) is -4.11. The molecule has 2 aromatic carbocycles. The lowest BCUT2D eigenvalue weighted by molar-refractivity contribution is -0.127. The van der Waals surface area contributed by atoms with Crippen LogP contribution in [-0.2, 0) is 19.6 Å². The van der Waals surface area contributed by atoms with Gasteiger partial charge in [0, 0.05) is 28.7 Å². The molecule has 0 spiro atoms. The molecule has 1 unspecified atom stereocenters. The fourth-order valence-electron chi connectivity index (χ4n) is 3.50. The molecule has 1 fully saturated rings.